The fraction of sp³-hybridized carbons (Fsp3) is 0.615. The number of rotatable bonds is 6. The first-order valence-corrected chi connectivity index (χ1v) is 8.16. The number of fused-ring (bicyclic) bond motifs is 1. The van der Waals surface area contributed by atoms with E-state index in [2.05, 4.69) is 22.0 Å². The molecular weight excluding hydrogens is 314 g/mol. The van der Waals surface area contributed by atoms with Gasteiger partial charge >= 0.3 is 0 Å². The minimum Gasteiger partial charge on any atom is -0.383 e. The summed E-state index contributed by atoms with van der Waals surface area (Å²) < 4.78 is 5.06. The Labute approximate surface area is 120 Å². The third-order valence-electron chi connectivity index (χ3n) is 3.16. The highest BCUT2D eigenvalue weighted by Crippen LogP contribution is 2.31. The van der Waals surface area contributed by atoms with Crippen molar-refractivity contribution < 1.29 is 9.53 Å². The smallest absolute Gasteiger partial charge is 0.264 e. The van der Waals surface area contributed by atoms with Crippen LogP contribution >= 0.6 is 27.3 Å². The van der Waals surface area contributed by atoms with E-state index in [1.807, 2.05) is 4.90 Å². The standard InChI is InChI=1S/C13H18BrNO2S/c1-17-8-7-15(6-5-14)13(16)12-9-10-3-2-4-11(10)18-12/h9H,2-8H2,1H3. The highest BCUT2D eigenvalue weighted by atomic mass is 79.9. The lowest BCUT2D eigenvalue weighted by Gasteiger charge is -2.20. The van der Waals surface area contributed by atoms with E-state index in [0.717, 1.165) is 29.6 Å². The zero-order chi connectivity index (χ0) is 13.0. The molecular formula is C13H18BrNO2S. The molecule has 18 heavy (non-hydrogen) atoms. The van der Waals surface area contributed by atoms with E-state index in [4.69, 9.17) is 4.74 Å². The van der Waals surface area contributed by atoms with Crippen LogP contribution in [-0.2, 0) is 17.6 Å². The van der Waals surface area contributed by atoms with Crippen molar-refractivity contribution in [2.24, 2.45) is 0 Å². The molecule has 1 aliphatic rings. The van der Waals surface area contributed by atoms with Gasteiger partial charge in [-0.25, -0.2) is 0 Å². The summed E-state index contributed by atoms with van der Waals surface area (Å²) in [5.74, 6) is 0.144. The summed E-state index contributed by atoms with van der Waals surface area (Å²) in [5, 5.41) is 0.799. The normalized spacial score (nSPS) is 13.7. The summed E-state index contributed by atoms with van der Waals surface area (Å²) in [6.07, 6.45) is 3.52. The highest BCUT2D eigenvalue weighted by Gasteiger charge is 2.21. The van der Waals surface area contributed by atoms with Crippen molar-refractivity contribution >= 4 is 33.2 Å². The zero-order valence-corrected chi connectivity index (χ0v) is 13.0. The van der Waals surface area contributed by atoms with Gasteiger partial charge in [0.2, 0.25) is 0 Å². The van der Waals surface area contributed by atoms with Crippen molar-refractivity contribution in [3.8, 4) is 0 Å². The maximum atomic E-state index is 12.4. The molecule has 100 valence electrons. The quantitative estimate of drug-likeness (QED) is 0.750. The van der Waals surface area contributed by atoms with Gasteiger partial charge in [-0.3, -0.25) is 4.79 Å². The van der Waals surface area contributed by atoms with E-state index in [9.17, 15) is 4.79 Å². The number of nitrogens with zero attached hydrogens (tertiary/aromatic N) is 1. The molecule has 1 aliphatic carbocycles. The lowest BCUT2D eigenvalue weighted by atomic mass is 10.2. The second-order valence-electron chi connectivity index (χ2n) is 4.39. The highest BCUT2D eigenvalue weighted by molar-refractivity contribution is 9.09. The first kappa shape index (κ1) is 14.0. The predicted octanol–water partition coefficient (Wildman–Crippen LogP) is 2.72. The number of amides is 1. The average Bonchev–Trinajstić information content (AvgIpc) is 2.94. The molecule has 2 rings (SSSR count). The third kappa shape index (κ3) is 3.13. The minimum atomic E-state index is 0.144. The van der Waals surface area contributed by atoms with Gasteiger partial charge in [-0.1, -0.05) is 15.9 Å². The topological polar surface area (TPSA) is 29.5 Å². The first-order valence-electron chi connectivity index (χ1n) is 6.22. The number of halogens is 1. The van der Waals surface area contributed by atoms with Crippen molar-refractivity contribution in [2.45, 2.75) is 19.3 Å². The van der Waals surface area contributed by atoms with E-state index in [0.29, 0.717) is 13.2 Å². The van der Waals surface area contributed by atoms with Crippen LogP contribution in [0.25, 0.3) is 0 Å². The van der Waals surface area contributed by atoms with Gasteiger partial charge in [0.1, 0.15) is 0 Å². The van der Waals surface area contributed by atoms with Crippen molar-refractivity contribution in [1.82, 2.24) is 4.90 Å². The Morgan fingerprint density at radius 3 is 3.00 bits per heavy atom. The molecule has 1 amide bonds. The van der Waals surface area contributed by atoms with E-state index < -0.39 is 0 Å². The van der Waals surface area contributed by atoms with Gasteiger partial charge in [-0.2, -0.15) is 0 Å². The number of methoxy groups -OCH3 is 1. The number of aryl methyl sites for hydroxylation is 2. The first-order chi connectivity index (χ1) is 8.76. The van der Waals surface area contributed by atoms with Crippen LogP contribution in [0.15, 0.2) is 6.07 Å². The molecule has 0 saturated carbocycles. The molecule has 0 atom stereocenters. The third-order valence-corrected chi connectivity index (χ3v) is 4.74. The van der Waals surface area contributed by atoms with Gasteiger partial charge in [0.05, 0.1) is 11.5 Å². The van der Waals surface area contributed by atoms with Crippen LogP contribution < -0.4 is 0 Å². The molecule has 0 radical (unpaired) electrons. The SMILES string of the molecule is COCCN(CCBr)C(=O)c1cc2c(s1)CCC2. The maximum absolute atomic E-state index is 12.4. The van der Waals surface area contributed by atoms with Crippen LogP contribution in [0, 0.1) is 0 Å². The summed E-state index contributed by atoms with van der Waals surface area (Å²) in [7, 11) is 1.66. The van der Waals surface area contributed by atoms with Gasteiger partial charge in [0, 0.05) is 30.4 Å². The summed E-state index contributed by atoms with van der Waals surface area (Å²) in [6.45, 7) is 1.97. The molecule has 0 aliphatic heterocycles. The summed E-state index contributed by atoms with van der Waals surface area (Å²) in [6, 6.07) is 2.09. The fourth-order valence-electron chi connectivity index (χ4n) is 2.21. The average molecular weight is 332 g/mol. The van der Waals surface area contributed by atoms with Crippen LogP contribution in [0.5, 0.6) is 0 Å². The monoisotopic (exact) mass is 331 g/mol. The molecule has 3 nitrogen and oxygen atoms in total. The van der Waals surface area contributed by atoms with Crippen molar-refractivity contribution in [3.63, 3.8) is 0 Å². The van der Waals surface area contributed by atoms with Gasteiger partial charge in [0.15, 0.2) is 0 Å². The molecule has 5 heteroatoms. The summed E-state index contributed by atoms with van der Waals surface area (Å²) >= 11 is 5.07. The van der Waals surface area contributed by atoms with Crippen molar-refractivity contribution in [3.05, 3.63) is 21.4 Å². The molecule has 1 heterocycles. The van der Waals surface area contributed by atoms with Crippen molar-refractivity contribution in [2.75, 3.05) is 32.1 Å². The molecule has 0 N–H and O–H groups in total. The van der Waals surface area contributed by atoms with Gasteiger partial charge < -0.3 is 9.64 Å². The number of ether oxygens (including phenoxy) is 1. The lowest BCUT2D eigenvalue weighted by molar-refractivity contribution is 0.0713. The molecule has 0 bridgehead atoms. The summed E-state index contributed by atoms with van der Waals surface area (Å²) in [4.78, 5) is 16.6. The predicted molar refractivity (Wildman–Crippen MR) is 77.9 cm³/mol. The van der Waals surface area contributed by atoms with Gasteiger partial charge in [-0.05, 0) is 30.9 Å². The summed E-state index contributed by atoms with van der Waals surface area (Å²) in [5.41, 5.74) is 1.38. The van der Waals surface area contributed by atoms with Crippen molar-refractivity contribution in [1.29, 1.82) is 0 Å². The second kappa shape index (κ2) is 6.68. The van der Waals surface area contributed by atoms with Crippen LogP contribution in [0.1, 0.15) is 26.5 Å². The lowest BCUT2D eigenvalue weighted by Crippen LogP contribution is -2.35. The zero-order valence-electron chi connectivity index (χ0n) is 10.6. The van der Waals surface area contributed by atoms with E-state index in [1.165, 1.54) is 16.9 Å². The van der Waals surface area contributed by atoms with E-state index in [1.54, 1.807) is 18.4 Å². The molecule has 0 fully saturated rings. The number of carbonyl (C=O) groups excluding carboxylic acids is 1. The Balaban J connectivity index is 2.06. The number of alkyl halides is 1. The number of hydrogen-bond acceptors (Lipinski definition) is 3. The van der Waals surface area contributed by atoms with Crippen LogP contribution in [0.3, 0.4) is 0 Å². The van der Waals surface area contributed by atoms with E-state index >= 15 is 0 Å². The molecule has 1 aromatic heterocycles. The fourth-order valence-corrected chi connectivity index (χ4v) is 3.86. The number of carbonyl (C=O) groups is 1. The molecule has 0 aromatic carbocycles. The number of thiophene rings is 1. The van der Waals surface area contributed by atoms with Gasteiger partial charge in [-0.15, -0.1) is 11.3 Å². The molecule has 0 unspecified atom stereocenters. The molecule has 1 aromatic rings. The second-order valence-corrected chi connectivity index (χ2v) is 6.32. The Bertz CT molecular complexity index is 398. The Morgan fingerprint density at radius 2 is 2.33 bits per heavy atom. The molecule has 0 saturated heterocycles. The number of hydrogen-bond donors (Lipinski definition) is 0. The van der Waals surface area contributed by atoms with Crippen LogP contribution in [0.2, 0.25) is 0 Å². The Morgan fingerprint density at radius 1 is 1.50 bits per heavy atom. The minimum absolute atomic E-state index is 0.144. The van der Waals surface area contributed by atoms with Crippen LogP contribution in [0.4, 0.5) is 0 Å². The maximum Gasteiger partial charge on any atom is 0.264 e. The van der Waals surface area contributed by atoms with Crippen LogP contribution in [-0.4, -0.2) is 42.9 Å². The van der Waals surface area contributed by atoms with E-state index in [-0.39, 0.29) is 5.91 Å². The Kier molecular flexibility index (Phi) is 5.21. The largest absolute Gasteiger partial charge is 0.383 e. The Hall–Kier alpha value is -0.390. The molecule has 0 spiro atoms. The van der Waals surface area contributed by atoms with Gasteiger partial charge in [0.25, 0.3) is 5.91 Å².